The number of hydrogen-bond donors (Lipinski definition) is 2. The maximum Gasteiger partial charge on any atom is 0.407 e. The highest BCUT2D eigenvalue weighted by Gasteiger charge is 2.42. The quantitative estimate of drug-likeness (QED) is 0.780. The normalized spacial score (nSPS) is 32.7. The van der Waals surface area contributed by atoms with Crippen molar-refractivity contribution in [3.63, 3.8) is 0 Å². The second kappa shape index (κ2) is 5.25. The number of aliphatic hydroxyl groups excluding tert-OH is 1. The van der Waals surface area contributed by atoms with E-state index in [0.717, 1.165) is 25.7 Å². The van der Waals surface area contributed by atoms with Crippen molar-refractivity contribution in [3.05, 3.63) is 0 Å². The Morgan fingerprint density at radius 2 is 1.82 bits per heavy atom. The van der Waals surface area contributed by atoms with Gasteiger partial charge < -0.3 is 10.2 Å². The summed E-state index contributed by atoms with van der Waals surface area (Å²) in [5.41, 5.74) is 0. The molecule has 0 bridgehead atoms. The lowest BCUT2D eigenvalue weighted by atomic mass is 9.83. The van der Waals surface area contributed by atoms with Crippen LogP contribution in [0, 0.1) is 5.92 Å². The molecule has 4 heteroatoms. The summed E-state index contributed by atoms with van der Waals surface area (Å²) in [5, 5.41) is 19.0. The number of amides is 1. The van der Waals surface area contributed by atoms with Gasteiger partial charge in [0.2, 0.25) is 0 Å². The van der Waals surface area contributed by atoms with Crippen LogP contribution in [0.15, 0.2) is 0 Å². The van der Waals surface area contributed by atoms with Crippen molar-refractivity contribution in [1.82, 2.24) is 4.90 Å². The van der Waals surface area contributed by atoms with Crippen molar-refractivity contribution in [2.24, 2.45) is 5.92 Å². The minimum Gasteiger partial charge on any atom is -0.465 e. The maximum atomic E-state index is 11.4. The van der Waals surface area contributed by atoms with Gasteiger partial charge in [-0.05, 0) is 38.5 Å². The van der Waals surface area contributed by atoms with Gasteiger partial charge in [0, 0.05) is 6.04 Å². The zero-order valence-electron chi connectivity index (χ0n) is 10.5. The van der Waals surface area contributed by atoms with Crippen molar-refractivity contribution in [1.29, 1.82) is 0 Å². The predicted molar refractivity (Wildman–Crippen MR) is 64.9 cm³/mol. The molecule has 98 valence electrons. The molecule has 2 N–H and O–H groups in total. The molecule has 1 saturated carbocycles. The SMILES string of the molecule is CC(O)[C@H]1CC[C@@H](C2CCCCC2)N1C(=O)O. The minimum absolute atomic E-state index is 0.146. The second-order valence-corrected chi connectivity index (χ2v) is 5.54. The molecule has 1 amide bonds. The van der Waals surface area contributed by atoms with E-state index in [4.69, 9.17) is 0 Å². The minimum atomic E-state index is -0.857. The molecule has 2 aliphatic rings. The standard InChI is InChI=1S/C13H23NO3/c1-9(15)11-7-8-12(14(11)13(16)17)10-5-3-2-4-6-10/h9-12,15H,2-8H2,1H3,(H,16,17)/t9?,11-,12+/m1/s1. The Hall–Kier alpha value is -0.770. The smallest absolute Gasteiger partial charge is 0.407 e. The Kier molecular flexibility index (Phi) is 3.92. The van der Waals surface area contributed by atoms with Crippen LogP contribution in [0.2, 0.25) is 0 Å². The third-order valence-corrected chi connectivity index (χ3v) is 4.44. The maximum absolute atomic E-state index is 11.4. The molecular formula is C13H23NO3. The summed E-state index contributed by atoms with van der Waals surface area (Å²) in [4.78, 5) is 12.9. The fraction of sp³-hybridized carbons (Fsp3) is 0.923. The van der Waals surface area contributed by atoms with Gasteiger partial charge in [0.15, 0.2) is 0 Å². The van der Waals surface area contributed by atoms with Crippen LogP contribution in [0.3, 0.4) is 0 Å². The Balaban J connectivity index is 2.08. The lowest BCUT2D eigenvalue weighted by Crippen LogP contribution is -2.47. The molecule has 17 heavy (non-hydrogen) atoms. The van der Waals surface area contributed by atoms with Gasteiger partial charge in [0.25, 0.3) is 0 Å². The van der Waals surface area contributed by atoms with Gasteiger partial charge in [0.05, 0.1) is 12.1 Å². The van der Waals surface area contributed by atoms with E-state index in [-0.39, 0.29) is 12.1 Å². The van der Waals surface area contributed by atoms with Gasteiger partial charge in [-0.3, -0.25) is 4.90 Å². The number of aliphatic hydroxyl groups is 1. The molecule has 1 saturated heterocycles. The Labute approximate surface area is 103 Å². The highest BCUT2D eigenvalue weighted by Crippen LogP contribution is 2.37. The van der Waals surface area contributed by atoms with Crippen LogP contribution in [0.1, 0.15) is 51.9 Å². The van der Waals surface area contributed by atoms with Crippen LogP contribution in [-0.2, 0) is 0 Å². The van der Waals surface area contributed by atoms with Gasteiger partial charge in [-0.25, -0.2) is 4.79 Å². The number of nitrogens with zero attached hydrogens (tertiary/aromatic N) is 1. The summed E-state index contributed by atoms with van der Waals surface area (Å²) in [6.07, 6.45) is 6.38. The molecular weight excluding hydrogens is 218 g/mol. The summed E-state index contributed by atoms with van der Waals surface area (Å²) in [6.45, 7) is 1.70. The first kappa shape index (κ1) is 12.7. The zero-order valence-corrected chi connectivity index (χ0v) is 10.5. The number of carboxylic acid groups (broad SMARTS) is 1. The molecule has 4 nitrogen and oxygen atoms in total. The van der Waals surface area contributed by atoms with Gasteiger partial charge in [-0.15, -0.1) is 0 Å². The lowest BCUT2D eigenvalue weighted by Gasteiger charge is -2.35. The third-order valence-electron chi connectivity index (χ3n) is 4.44. The monoisotopic (exact) mass is 241 g/mol. The van der Waals surface area contributed by atoms with Gasteiger partial charge in [-0.1, -0.05) is 19.3 Å². The van der Waals surface area contributed by atoms with Crippen LogP contribution in [0.25, 0.3) is 0 Å². The predicted octanol–water partition coefficient (Wildman–Crippen LogP) is 2.46. The Morgan fingerprint density at radius 3 is 2.35 bits per heavy atom. The Bertz CT molecular complexity index is 274. The van der Waals surface area contributed by atoms with Crippen molar-refractivity contribution in [3.8, 4) is 0 Å². The van der Waals surface area contributed by atoms with Crippen LogP contribution in [0.4, 0.5) is 4.79 Å². The lowest BCUT2D eigenvalue weighted by molar-refractivity contribution is 0.0478. The van der Waals surface area contributed by atoms with E-state index >= 15 is 0 Å². The molecule has 0 spiro atoms. The molecule has 2 fully saturated rings. The Morgan fingerprint density at radius 1 is 1.18 bits per heavy atom. The largest absolute Gasteiger partial charge is 0.465 e. The van der Waals surface area contributed by atoms with E-state index < -0.39 is 12.2 Å². The summed E-state index contributed by atoms with van der Waals surface area (Å²) in [6, 6.07) is -0.0492. The van der Waals surface area contributed by atoms with E-state index in [9.17, 15) is 15.0 Å². The number of likely N-dealkylation sites (tertiary alicyclic amines) is 1. The van der Waals surface area contributed by atoms with Crippen molar-refractivity contribution in [2.45, 2.75) is 70.1 Å². The highest BCUT2D eigenvalue weighted by atomic mass is 16.4. The number of hydrogen-bond acceptors (Lipinski definition) is 2. The summed E-state index contributed by atoms with van der Waals surface area (Å²) >= 11 is 0. The summed E-state index contributed by atoms with van der Waals surface area (Å²) in [5.74, 6) is 0.517. The molecule has 1 aliphatic carbocycles. The molecule has 0 aromatic heterocycles. The first-order valence-electron chi connectivity index (χ1n) is 6.80. The summed E-state index contributed by atoms with van der Waals surface area (Å²) < 4.78 is 0. The first-order chi connectivity index (χ1) is 8.11. The number of rotatable bonds is 2. The zero-order chi connectivity index (χ0) is 12.4. The van der Waals surface area contributed by atoms with E-state index in [1.165, 1.54) is 19.3 Å². The van der Waals surface area contributed by atoms with Crippen LogP contribution in [0.5, 0.6) is 0 Å². The molecule has 1 unspecified atom stereocenters. The third kappa shape index (κ3) is 2.57. The molecule has 1 heterocycles. The van der Waals surface area contributed by atoms with Gasteiger partial charge in [-0.2, -0.15) is 0 Å². The van der Waals surface area contributed by atoms with E-state index in [2.05, 4.69) is 0 Å². The fourth-order valence-corrected chi connectivity index (χ4v) is 3.60. The first-order valence-corrected chi connectivity index (χ1v) is 6.80. The molecule has 1 aliphatic heterocycles. The number of carbonyl (C=O) groups is 1. The molecule has 3 atom stereocenters. The average Bonchev–Trinajstić information content (AvgIpc) is 2.74. The van der Waals surface area contributed by atoms with E-state index in [1.807, 2.05) is 0 Å². The van der Waals surface area contributed by atoms with Crippen LogP contribution < -0.4 is 0 Å². The second-order valence-electron chi connectivity index (χ2n) is 5.54. The van der Waals surface area contributed by atoms with E-state index in [0.29, 0.717) is 5.92 Å². The van der Waals surface area contributed by atoms with Crippen molar-refractivity contribution < 1.29 is 15.0 Å². The fourth-order valence-electron chi connectivity index (χ4n) is 3.60. The van der Waals surface area contributed by atoms with Gasteiger partial charge in [0.1, 0.15) is 0 Å². The van der Waals surface area contributed by atoms with Gasteiger partial charge >= 0.3 is 6.09 Å². The highest BCUT2D eigenvalue weighted by molar-refractivity contribution is 5.66. The summed E-state index contributed by atoms with van der Waals surface area (Å²) in [7, 11) is 0. The van der Waals surface area contributed by atoms with E-state index in [1.54, 1.807) is 11.8 Å². The molecule has 0 aromatic carbocycles. The molecule has 0 radical (unpaired) electrons. The average molecular weight is 241 g/mol. The van der Waals surface area contributed by atoms with Crippen LogP contribution in [-0.4, -0.2) is 39.4 Å². The van der Waals surface area contributed by atoms with Crippen molar-refractivity contribution >= 4 is 6.09 Å². The van der Waals surface area contributed by atoms with Crippen LogP contribution >= 0.6 is 0 Å². The van der Waals surface area contributed by atoms with Crippen molar-refractivity contribution in [2.75, 3.05) is 0 Å². The molecule has 2 rings (SSSR count). The topological polar surface area (TPSA) is 60.8 Å². The molecule has 0 aromatic rings.